The number of aliphatic hydroxyl groups excluding tert-OH is 1. The summed E-state index contributed by atoms with van der Waals surface area (Å²) in [5.41, 5.74) is 0. The average Bonchev–Trinajstić information content (AvgIpc) is 3.89. The van der Waals surface area contributed by atoms with E-state index in [9.17, 15) is 19.2 Å². The third-order valence-corrected chi connectivity index (χ3v) is 8.06. The molecule has 6 aliphatic rings. The molecule has 15 nitrogen and oxygen atoms in total. The number of nitrogens with one attached hydrogen (secondary N) is 1. The molecule has 15 heteroatoms. The van der Waals surface area contributed by atoms with Gasteiger partial charge in [0.15, 0.2) is 0 Å². The highest BCUT2D eigenvalue weighted by atomic mass is 16.5. The number of likely N-dealkylation sites (tertiary alicyclic amines) is 1. The van der Waals surface area contributed by atoms with E-state index in [2.05, 4.69) is 5.32 Å². The molecule has 2 N–H and O–H groups in total. The molecule has 8 atom stereocenters. The molecule has 4 saturated heterocycles. The van der Waals surface area contributed by atoms with Crippen LogP contribution < -0.4 is 5.32 Å². The summed E-state index contributed by atoms with van der Waals surface area (Å²) in [6.07, 6.45) is 6.72. The maximum absolute atomic E-state index is 12.3. The van der Waals surface area contributed by atoms with Crippen molar-refractivity contribution in [1.82, 2.24) is 10.2 Å². The molecule has 4 fully saturated rings. The number of methoxy groups -OCH3 is 2. The number of aliphatic hydroxyl groups is 1. The lowest BCUT2D eigenvalue weighted by Crippen LogP contribution is -2.37. The van der Waals surface area contributed by atoms with E-state index in [1.165, 1.54) is 4.90 Å². The van der Waals surface area contributed by atoms with Gasteiger partial charge in [0.05, 0.1) is 127 Å². The van der Waals surface area contributed by atoms with Crippen LogP contribution in [0.25, 0.3) is 0 Å². The first-order valence-electron chi connectivity index (χ1n) is 15.2. The topological polar surface area (TPSA) is 178 Å². The smallest absolute Gasteiger partial charge is 0.236 e. The molecule has 0 saturated carbocycles. The number of nitrogens with zero attached hydrogens (tertiary/aromatic N) is 1. The van der Waals surface area contributed by atoms with E-state index in [0.717, 1.165) is 0 Å². The van der Waals surface area contributed by atoms with Crippen molar-refractivity contribution in [3.8, 4) is 0 Å². The fraction of sp³-hybridized carbons (Fsp3) is 0.742. The lowest BCUT2D eigenvalue weighted by atomic mass is 9.85. The molecule has 4 bridgehead atoms. The summed E-state index contributed by atoms with van der Waals surface area (Å²) in [4.78, 5) is 48.4. The number of ether oxygens (including phenoxy) is 8. The number of carbonyl (C=O) groups excluding carboxylic acids is 4. The van der Waals surface area contributed by atoms with Gasteiger partial charge >= 0.3 is 0 Å². The Kier molecular flexibility index (Phi) is 15.9. The van der Waals surface area contributed by atoms with Crippen LogP contribution in [-0.2, 0) is 57.1 Å². The summed E-state index contributed by atoms with van der Waals surface area (Å²) >= 11 is 0. The standard InChI is InChI=1S/C15H21NO6.C8H7NO3.C7H16O4.CH4/c1-19-6-7-21-9-8-20-5-4-16-14(17)12-10-2-3-11(22-10)13(12)15(16)18;10-7-5-3-1-2-4(12-3)6(5)8(11)9-7;1-9-4-5-11-7-6-10-3-2-8;/h2-3,10-13H,4-9H2,1H3;1-6H,(H,9,10,11);8H,2-7H2,1H3;1H4. The molecule has 260 valence electrons. The first-order valence-corrected chi connectivity index (χ1v) is 15.2. The first kappa shape index (κ1) is 37.9. The molecule has 0 aromatic carbocycles. The second-order valence-electron chi connectivity index (χ2n) is 10.8. The largest absolute Gasteiger partial charge is 0.394 e. The van der Waals surface area contributed by atoms with E-state index in [1.807, 2.05) is 24.3 Å². The zero-order valence-electron chi connectivity index (χ0n) is 25.7. The van der Waals surface area contributed by atoms with Crippen molar-refractivity contribution >= 4 is 23.6 Å². The van der Waals surface area contributed by atoms with Crippen LogP contribution in [0.1, 0.15) is 7.43 Å². The summed E-state index contributed by atoms with van der Waals surface area (Å²) < 4.78 is 41.3. The average molecular weight is 657 g/mol. The number of imide groups is 2. The molecule has 6 rings (SSSR count). The minimum atomic E-state index is -0.333. The van der Waals surface area contributed by atoms with Crippen LogP contribution in [0.4, 0.5) is 0 Å². The number of rotatable bonds is 17. The van der Waals surface area contributed by atoms with Crippen LogP contribution in [-0.4, -0.2) is 151 Å². The van der Waals surface area contributed by atoms with Gasteiger partial charge in [-0.15, -0.1) is 0 Å². The lowest BCUT2D eigenvalue weighted by molar-refractivity contribution is -0.143. The number of amides is 4. The minimum Gasteiger partial charge on any atom is -0.394 e. The van der Waals surface area contributed by atoms with E-state index in [1.54, 1.807) is 14.2 Å². The summed E-state index contributed by atoms with van der Waals surface area (Å²) in [5, 5.41) is 10.6. The highest BCUT2D eigenvalue weighted by molar-refractivity contribution is 6.07. The van der Waals surface area contributed by atoms with Gasteiger partial charge in [0, 0.05) is 14.2 Å². The van der Waals surface area contributed by atoms with Gasteiger partial charge in [-0.1, -0.05) is 31.7 Å². The van der Waals surface area contributed by atoms with Crippen LogP contribution in [0.3, 0.4) is 0 Å². The molecule has 0 radical (unpaired) electrons. The van der Waals surface area contributed by atoms with Gasteiger partial charge in [-0.2, -0.15) is 0 Å². The normalized spacial score (nSPS) is 30.5. The van der Waals surface area contributed by atoms with E-state index in [-0.39, 0.29) is 85.7 Å². The lowest BCUT2D eigenvalue weighted by Gasteiger charge is -2.17. The highest BCUT2D eigenvalue weighted by Crippen LogP contribution is 2.45. The van der Waals surface area contributed by atoms with Crippen LogP contribution in [0.15, 0.2) is 24.3 Å². The van der Waals surface area contributed by atoms with Gasteiger partial charge in [-0.25, -0.2) is 0 Å². The van der Waals surface area contributed by atoms with Crippen molar-refractivity contribution in [2.75, 3.05) is 93.4 Å². The zero-order valence-corrected chi connectivity index (χ0v) is 25.7. The maximum atomic E-state index is 12.3. The Balaban J connectivity index is 0.000000204. The van der Waals surface area contributed by atoms with E-state index >= 15 is 0 Å². The fourth-order valence-corrected chi connectivity index (χ4v) is 5.96. The van der Waals surface area contributed by atoms with E-state index in [0.29, 0.717) is 72.6 Å². The van der Waals surface area contributed by atoms with Crippen LogP contribution in [0.5, 0.6) is 0 Å². The monoisotopic (exact) mass is 656 g/mol. The van der Waals surface area contributed by atoms with Crippen LogP contribution in [0, 0.1) is 23.7 Å². The molecule has 0 aliphatic carbocycles. The summed E-state index contributed by atoms with van der Waals surface area (Å²) in [6, 6.07) is 0. The summed E-state index contributed by atoms with van der Waals surface area (Å²) in [7, 11) is 3.25. The Hall–Kier alpha value is -2.60. The zero-order chi connectivity index (χ0) is 32.2. The van der Waals surface area contributed by atoms with Crippen molar-refractivity contribution in [2.24, 2.45) is 23.7 Å². The summed E-state index contributed by atoms with van der Waals surface area (Å²) in [5.74, 6) is -1.80. The van der Waals surface area contributed by atoms with Crippen molar-refractivity contribution in [3.63, 3.8) is 0 Å². The van der Waals surface area contributed by atoms with Crippen molar-refractivity contribution in [2.45, 2.75) is 31.8 Å². The Bertz CT molecular complexity index is 1000. The number of hydrogen-bond donors (Lipinski definition) is 2. The van der Waals surface area contributed by atoms with Crippen LogP contribution in [0.2, 0.25) is 0 Å². The number of carbonyl (C=O) groups is 4. The molecule has 0 aromatic rings. The van der Waals surface area contributed by atoms with Crippen molar-refractivity contribution < 1.29 is 62.2 Å². The van der Waals surface area contributed by atoms with E-state index < -0.39 is 0 Å². The van der Waals surface area contributed by atoms with Gasteiger partial charge < -0.3 is 43.0 Å². The van der Waals surface area contributed by atoms with E-state index in [4.69, 9.17) is 43.0 Å². The maximum Gasteiger partial charge on any atom is 0.236 e. The molecular formula is C31H48N2O13. The molecule has 6 heterocycles. The predicted molar refractivity (Wildman–Crippen MR) is 160 cm³/mol. The number of hydrogen-bond acceptors (Lipinski definition) is 13. The predicted octanol–water partition coefficient (Wildman–Crippen LogP) is -0.889. The number of fused-ring (bicyclic) bond motifs is 10. The van der Waals surface area contributed by atoms with Crippen molar-refractivity contribution in [1.29, 1.82) is 0 Å². The SMILES string of the molecule is C.COCCOCCOCCN1C(=O)C2C3C=CC(O3)C2C1=O.COCCOCCOCCO.O=C1NC(=O)C2C3C=CC(O3)C12. The van der Waals surface area contributed by atoms with Gasteiger partial charge in [0.2, 0.25) is 23.6 Å². The molecule has 0 aromatic heterocycles. The molecule has 6 aliphatic heterocycles. The minimum absolute atomic E-state index is 0. The molecule has 4 amide bonds. The quantitative estimate of drug-likeness (QED) is 0.112. The highest BCUT2D eigenvalue weighted by Gasteiger charge is 2.60. The van der Waals surface area contributed by atoms with Gasteiger partial charge in [0.1, 0.15) is 0 Å². The third-order valence-electron chi connectivity index (χ3n) is 8.06. The molecule has 8 unspecified atom stereocenters. The van der Waals surface area contributed by atoms with Crippen molar-refractivity contribution in [3.05, 3.63) is 24.3 Å². The third kappa shape index (κ3) is 9.27. The molecule has 0 spiro atoms. The Morgan fingerprint density at radius 2 is 0.978 bits per heavy atom. The molecule has 46 heavy (non-hydrogen) atoms. The first-order chi connectivity index (χ1) is 21.9. The Morgan fingerprint density at radius 1 is 0.609 bits per heavy atom. The molecular weight excluding hydrogens is 608 g/mol. The van der Waals surface area contributed by atoms with Gasteiger partial charge in [-0.05, 0) is 0 Å². The van der Waals surface area contributed by atoms with Gasteiger partial charge in [0.25, 0.3) is 0 Å². The Morgan fingerprint density at radius 3 is 1.39 bits per heavy atom. The fourth-order valence-electron chi connectivity index (χ4n) is 5.96. The second kappa shape index (κ2) is 19.3. The summed E-state index contributed by atoms with van der Waals surface area (Å²) in [6.45, 7) is 5.36. The second-order valence-corrected chi connectivity index (χ2v) is 10.8. The van der Waals surface area contributed by atoms with Crippen LogP contribution >= 0.6 is 0 Å². The Labute approximate surface area is 269 Å². The van der Waals surface area contributed by atoms with Gasteiger partial charge in [-0.3, -0.25) is 29.4 Å².